The van der Waals surface area contributed by atoms with Gasteiger partial charge in [-0.3, -0.25) is 0 Å². The van der Waals surface area contributed by atoms with Gasteiger partial charge in [0.05, 0.1) is 11.8 Å². The molecule has 3 aliphatic rings. The van der Waals surface area contributed by atoms with Gasteiger partial charge >= 0.3 is 0 Å². The van der Waals surface area contributed by atoms with E-state index < -0.39 is 0 Å². The molecule has 0 atom stereocenters. The lowest BCUT2D eigenvalue weighted by atomic mass is 9.70. The Labute approximate surface area is 144 Å². The summed E-state index contributed by atoms with van der Waals surface area (Å²) in [6, 6.07) is 7.00. The predicted octanol–water partition coefficient (Wildman–Crippen LogP) is 4.75. The Kier molecular flexibility index (Phi) is 4.18. The number of hydrogen-bond acceptors (Lipinski definition) is 3. The van der Waals surface area contributed by atoms with Gasteiger partial charge in [0.2, 0.25) is 6.19 Å². The lowest BCUT2D eigenvalue weighted by Crippen LogP contribution is -2.35. The summed E-state index contributed by atoms with van der Waals surface area (Å²) in [5.74, 6) is 0.708. The van der Waals surface area contributed by atoms with E-state index in [1.165, 1.54) is 42.4 Å². The molecule has 126 valence electrons. The summed E-state index contributed by atoms with van der Waals surface area (Å²) in [5.41, 5.74) is 5.24. The minimum absolute atomic E-state index is 0.0708. The fraction of sp³-hybridized carbons (Fsp3) is 0.619. The van der Waals surface area contributed by atoms with Gasteiger partial charge in [0.15, 0.2) is 0 Å². The van der Waals surface area contributed by atoms with E-state index in [2.05, 4.69) is 29.4 Å². The molecule has 0 bridgehead atoms. The van der Waals surface area contributed by atoms with Gasteiger partial charge in [-0.15, -0.1) is 0 Å². The van der Waals surface area contributed by atoms with Crippen LogP contribution in [0.25, 0.3) is 0 Å². The molecule has 0 amide bonds. The molecule has 1 aromatic rings. The molecule has 0 N–H and O–H groups in total. The standard InChI is InChI=1S/C21H26N2O/c1-24-18-8-10-21(11-9-18)13-17-7-6-16(15-4-2-3-5-15)12-19(17)20(21)23-14-22/h6-7,12,15,18H,2-5,8-11,13H2,1H3/b23-20+/t18-,21-. The van der Waals surface area contributed by atoms with E-state index in [9.17, 15) is 5.26 Å². The zero-order valence-electron chi connectivity index (χ0n) is 14.6. The number of benzene rings is 1. The number of rotatable bonds is 2. The van der Waals surface area contributed by atoms with Gasteiger partial charge in [-0.1, -0.05) is 25.0 Å². The van der Waals surface area contributed by atoms with E-state index in [4.69, 9.17) is 4.74 Å². The van der Waals surface area contributed by atoms with Crippen LogP contribution in [0, 0.1) is 16.9 Å². The second-order valence-electron chi connectivity index (χ2n) is 7.85. The number of methoxy groups -OCH3 is 1. The van der Waals surface area contributed by atoms with Crippen molar-refractivity contribution in [3.8, 4) is 6.19 Å². The van der Waals surface area contributed by atoms with E-state index in [0.29, 0.717) is 12.0 Å². The molecule has 1 spiro atoms. The van der Waals surface area contributed by atoms with Crippen LogP contribution < -0.4 is 0 Å². The summed E-state index contributed by atoms with van der Waals surface area (Å²) in [6.07, 6.45) is 13.1. The Balaban J connectivity index is 1.68. The van der Waals surface area contributed by atoms with Gasteiger partial charge in [-0.25, -0.2) is 0 Å². The largest absolute Gasteiger partial charge is 0.381 e. The highest BCUT2D eigenvalue weighted by Crippen LogP contribution is 2.49. The smallest absolute Gasteiger partial charge is 0.205 e. The maximum Gasteiger partial charge on any atom is 0.205 e. The molecule has 0 saturated heterocycles. The lowest BCUT2D eigenvalue weighted by Gasteiger charge is -2.36. The Morgan fingerprint density at radius 3 is 2.58 bits per heavy atom. The molecule has 0 unspecified atom stereocenters. The van der Waals surface area contributed by atoms with Crippen LogP contribution in [0.15, 0.2) is 23.2 Å². The molecule has 0 heterocycles. The molecule has 3 nitrogen and oxygen atoms in total. The molecular weight excluding hydrogens is 296 g/mol. The number of ether oxygens (including phenoxy) is 1. The van der Waals surface area contributed by atoms with Crippen molar-refractivity contribution in [1.29, 1.82) is 5.26 Å². The van der Waals surface area contributed by atoms with Crippen LogP contribution in [-0.4, -0.2) is 18.9 Å². The topological polar surface area (TPSA) is 45.4 Å². The fourth-order valence-corrected chi connectivity index (χ4v) is 5.24. The lowest BCUT2D eigenvalue weighted by molar-refractivity contribution is 0.0468. The molecule has 0 radical (unpaired) electrons. The van der Waals surface area contributed by atoms with Gasteiger partial charge < -0.3 is 4.74 Å². The average Bonchev–Trinajstić information content (AvgIpc) is 3.24. The van der Waals surface area contributed by atoms with Crippen molar-refractivity contribution in [3.63, 3.8) is 0 Å². The maximum atomic E-state index is 9.28. The molecule has 3 heteroatoms. The van der Waals surface area contributed by atoms with Crippen molar-refractivity contribution in [2.24, 2.45) is 10.4 Å². The van der Waals surface area contributed by atoms with E-state index in [0.717, 1.165) is 37.8 Å². The second-order valence-corrected chi connectivity index (χ2v) is 7.85. The average molecular weight is 322 g/mol. The first-order valence-corrected chi connectivity index (χ1v) is 9.39. The number of nitriles is 1. The molecule has 2 saturated carbocycles. The molecule has 3 aliphatic carbocycles. The van der Waals surface area contributed by atoms with Gasteiger partial charge in [-0.05, 0) is 68.1 Å². The van der Waals surface area contributed by atoms with Crippen molar-refractivity contribution in [3.05, 3.63) is 34.9 Å². The maximum absolute atomic E-state index is 9.28. The number of nitrogens with zero attached hydrogens (tertiary/aromatic N) is 2. The molecule has 0 aromatic heterocycles. The van der Waals surface area contributed by atoms with Crippen LogP contribution in [-0.2, 0) is 11.2 Å². The Bertz CT molecular complexity index is 686. The van der Waals surface area contributed by atoms with Crippen molar-refractivity contribution in [1.82, 2.24) is 0 Å². The van der Waals surface area contributed by atoms with Crippen LogP contribution in [0.1, 0.15) is 74.0 Å². The summed E-state index contributed by atoms with van der Waals surface area (Å²) in [5, 5.41) is 9.28. The Hall–Kier alpha value is -1.66. The van der Waals surface area contributed by atoms with Gasteiger partial charge in [0.25, 0.3) is 0 Å². The van der Waals surface area contributed by atoms with Crippen molar-refractivity contribution in [2.75, 3.05) is 7.11 Å². The second kappa shape index (κ2) is 6.33. The zero-order valence-corrected chi connectivity index (χ0v) is 14.6. The normalized spacial score (nSPS) is 31.5. The zero-order chi connectivity index (χ0) is 16.6. The first kappa shape index (κ1) is 15.8. The van der Waals surface area contributed by atoms with Crippen molar-refractivity contribution < 1.29 is 4.74 Å². The Morgan fingerprint density at radius 1 is 1.17 bits per heavy atom. The fourth-order valence-electron chi connectivity index (χ4n) is 5.24. The van der Waals surface area contributed by atoms with Crippen LogP contribution >= 0.6 is 0 Å². The molecule has 2 fully saturated rings. The van der Waals surface area contributed by atoms with Crippen LogP contribution in [0.4, 0.5) is 0 Å². The highest BCUT2D eigenvalue weighted by molar-refractivity contribution is 6.09. The third kappa shape index (κ3) is 2.58. The van der Waals surface area contributed by atoms with E-state index in [-0.39, 0.29) is 5.41 Å². The monoisotopic (exact) mass is 322 g/mol. The summed E-state index contributed by atoms with van der Waals surface area (Å²) >= 11 is 0. The van der Waals surface area contributed by atoms with Gasteiger partial charge in [0.1, 0.15) is 0 Å². The Morgan fingerprint density at radius 2 is 1.92 bits per heavy atom. The minimum Gasteiger partial charge on any atom is -0.381 e. The third-order valence-corrected chi connectivity index (χ3v) is 6.63. The van der Waals surface area contributed by atoms with E-state index in [1.807, 2.05) is 7.11 Å². The molecule has 0 aliphatic heterocycles. The molecular formula is C21H26N2O. The van der Waals surface area contributed by atoms with Crippen molar-refractivity contribution in [2.45, 2.75) is 69.8 Å². The van der Waals surface area contributed by atoms with Crippen LogP contribution in [0.3, 0.4) is 0 Å². The summed E-state index contributed by atoms with van der Waals surface area (Å²) in [7, 11) is 1.81. The van der Waals surface area contributed by atoms with Gasteiger partial charge in [0, 0.05) is 18.1 Å². The van der Waals surface area contributed by atoms with Gasteiger partial charge in [-0.2, -0.15) is 10.3 Å². The third-order valence-electron chi connectivity index (χ3n) is 6.63. The van der Waals surface area contributed by atoms with Crippen molar-refractivity contribution >= 4 is 5.71 Å². The SMILES string of the molecule is CO[C@H]1CC[C@]2(CC1)Cc1ccc(C3CCCC3)cc1/C2=N\C#N. The molecule has 1 aromatic carbocycles. The number of fused-ring (bicyclic) bond motifs is 1. The van der Waals surface area contributed by atoms with Crippen LogP contribution in [0.5, 0.6) is 0 Å². The molecule has 4 rings (SSSR count). The number of hydrogen-bond donors (Lipinski definition) is 0. The van der Waals surface area contributed by atoms with E-state index in [1.54, 1.807) is 0 Å². The quantitative estimate of drug-likeness (QED) is 0.738. The number of aliphatic imine (C=N–C) groups is 1. The first-order valence-electron chi connectivity index (χ1n) is 9.39. The molecule has 24 heavy (non-hydrogen) atoms. The summed E-state index contributed by atoms with van der Waals surface area (Å²) in [6.45, 7) is 0. The van der Waals surface area contributed by atoms with E-state index >= 15 is 0 Å². The summed E-state index contributed by atoms with van der Waals surface area (Å²) in [4.78, 5) is 4.34. The summed E-state index contributed by atoms with van der Waals surface area (Å²) < 4.78 is 5.55. The predicted molar refractivity (Wildman–Crippen MR) is 95.2 cm³/mol. The highest BCUT2D eigenvalue weighted by Gasteiger charge is 2.46. The first-order chi connectivity index (χ1) is 11.8. The highest BCUT2D eigenvalue weighted by atomic mass is 16.5. The van der Waals surface area contributed by atoms with Crippen LogP contribution in [0.2, 0.25) is 0 Å². The minimum atomic E-state index is 0.0708.